The number of hydrogen-bond donors (Lipinski definition) is 1. The van der Waals surface area contributed by atoms with Gasteiger partial charge in [-0.05, 0) is 66.4 Å². The second-order valence-corrected chi connectivity index (χ2v) is 10.1. The SMILES string of the molecule is COc1ccccc1-n1nnnc1C(C)(CC1CCC1)Nc1cc2sc(=O)n(C)c2cc1C. The van der Waals surface area contributed by atoms with Crippen molar-refractivity contribution in [2.24, 2.45) is 13.0 Å². The predicted octanol–water partition coefficient (Wildman–Crippen LogP) is 4.41. The smallest absolute Gasteiger partial charge is 0.307 e. The Bertz CT molecular complexity index is 1370. The van der Waals surface area contributed by atoms with E-state index in [1.807, 2.05) is 31.3 Å². The van der Waals surface area contributed by atoms with Crippen LogP contribution in [0.5, 0.6) is 5.75 Å². The normalized spacial score (nSPS) is 15.9. The van der Waals surface area contributed by atoms with Crippen molar-refractivity contribution in [1.82, 2.24) is 24.8 Å². The summed E-state index contributed by atoms with van der Waals surface area (Å²) in [5, 5.41) is 16.7. The maximum absolute atomic E-state index is 12.2. The van der Waals surface area contributed by atoms with Crippen molar-refractivity contribution in [2.75, 3.05) is 12.4 Å². The largest absolute Gasteiger partial charge is 0.494 e. The van der Waals surface area contributed by atoms with E-state index in [1.165, 1.54) is 30.6 Å². The monoisotopic (exact) mass is 464 g/mol. The second kappa shape index (κ2) is 8.30. The van der Waals surface area contributed by atoms with Crippen LogP contribution in [0, 0.1) is 12.8 Å². The Kier molecular flexibility index (Phi) is 5.44. The van der Waals surface area contributed by atoms with Crippen molar-refractivity contribution in [2.45, 2.75) is 45.1 Å². The Labute approximate surface area is 196 Å². The van der Waals surface area contributed by atoms with Crippen LogP contribution in [0.25, 0.3) is 15.9 Å². The number of methoxy groups -OCH3 is 1. The quantitative estimate of drug-likeness (QED) is 0.436. The van der Waals surface area contributed by atoms with Crippen LogP contribution in [0.3, 0.4) is 0 Å². The zero-order valence-electron chi connectivity index (χ0n) is 19.3. The maximum Gasteiger partial charge on any atom is 0.307 e. The lowest BCUT2D eigenvalue weighted by Crippen LogP contribution is -2.39. The number of benzene rings is 2. The number of thiazole rings is 1. The summed E-state index contributed by atoms with van der Waals surface area (Å²) in [7, 11) is 3.47. The summed E-state index contributed by atoms with van der Waals surface area (Å²) in [6.45, 7) is 4.23. The summed E-state index contributed by atoms with van der Waals surface area (Å²) < 4.78 is 10.0. The van der Waals surface area contributed by atoms with E-state index in [9.17, 15) is 4.79 Å². The third-order valence-electron chi connectivity index (χ3n) is 6.75. The summed E-state index contributed by atoms with van der Waals surface area (Å²) in [4.78, 5) is 12.2. The molecule has 0 radical (unpaired) electrons. The Morgan fingerprint density at radius 3 is 2.79 bits per heavy atom. The van der Waals surface area contributed by atoms with Gasteiger partial charge in [0.15, 0.2) is 5.82 Å². The Hall–Kier alpha value is -3.20. The molecule has 8 nitrogen and oxygen atoms in total. The van der Waals surface area contributed by atoms with Crippen LogP contribution in [-0.4, -0.2) is 31.9 Å². The van der Waals surface area contributed by atoms with Gasteiger partial charge in [0.1, 0.15) is 11.4 Å². The van der Waals surface area contributed by atoms with E-state index in [4.69, 9.17) is 4.74 Å². The fourth-order valence-corrected chi connectivity index (χ4v) is 5.58. The maximum atomic E-state index is 12.2. The molecule has 1 aliphatic carbocycles. The first-order valence-corrected chi connectivity index (χ1v) is 12.0. The molecule has 1 aliphatic rings. The fraction of sp³-hybridized carbons (Fsp3) is 0.417. The molecule has 1 fully saturated rings. The number of tetrazole rings is 1. The van der Waals surface area contributed by atoms with Gasteiger partial charge >= 0.3 is 4.87 Å². The number of anilines is 1. The van der Waals surface area contributed by atoms with Crippen LogP contribution in [-0.2, 0) is 12.6 Å². The molecule has 9 heteroatoms. The third kappa shape index (κ3) is 3.80. The number of nitrogens with one attached hydrogen (secondary N) is 1. The molecule has 2 heterocycles. The van der Waals surface area contributed by atoms with E-state index in [1.54, 1.807) is 16.4 Å². The average Bonchev–Trinajstić information content (AvgIpc) is 3.37. The first-order chi connectivity index (χ1) is 15.9. The van der Waals surface area contributed by atoms with Crippen molar-refractivity contribution < 1.29 is 4.74 Å². The minimum absolute atomic E-state index is 0.0406. The van der Waals surface area contributed by atoms with Gasteiger partial charge in [-0.1, -0.05) is 42.7 Å². The fourth-order valence-electron chi connectivity index (χ4n) is 4.68. The molecule has 2 aromatic carbocycles. The van der Waals surface area contributed by atoms with Gasteiger partial charge < -0.3 is 14.6 Å². The minimum atomic E-state index is -0.520. The molecule has 0 spiro atoms. The Morgan fingerprint density at radius 2 is 2.06 bits per heavy atom. The van der Waals surface area contributed by atoms with Crippen LogP contribution in [0.2, 0.25) is 0 Å². The highest BCUT2D eigenvalue weighted by Gasteiger charge is 2.38. The topological polar surface area (TPSA) is 86.9 Å². The molecule has 1 atom stereocenters. The van der Waals surface area contributed by atoms with E-state index in [0.29, 0.717) is 11.7 Å². The molecular weight excluding hydrogens is 436 g/mol. The number of fused-ring (bicyclic) bond motifs is 1. The van der Waals surface area contributed by atoms with Crippen LogP contribution in [0.1, 0.15) is 44.0 Å². The molecule has 1 N–H and O–H groups in total. The molecule has 0 amide bonds. The van der Waals surface area contributed by atoms with Crippen LogP contribution in [0.15, 0.2) is 41.2 Å². The lowest BCUT2D eigenvalue weighted by Gasteiger charge is -2.37. The molecule has 0 saturated heterocycles. The van der Waals surface area contributed by atoms with Crippen molar-refractivity contribution in [1.29, 1.82) is 0 Å². The zero-order valence-corrected chi connectivity index (χ0v) is 20.1. The highest BCUT2D eigenvalue weighted by Crippen LogP contribution is 2.41. The molecular formula is C24H28N6O2S. The van der Waals surface area contributed by atoms with E-state index in [2.05, 4.69) is 46.8 Å². The number of para-hydroxylation sites is 2. The molecule has 4 aromatic rings. The minimum Gasteiger partial charge on any atom is -0.494 e. The number of nitrogens with zero attached hydrogens (tertiary/aromatic N) is 5. The summed E-state index contributed by atoms with van der Waals surface area (Å²) >= 11 is 1.26. The molecule has 1 unspecified atom stereocenters. The highest BCUT2D eigenvalue weighted by molar-refractivity contribution is 7.16. The van der Waals surface area contributed by atoms with Crippen molar-refractivity contribution in [3.05, 3.63) is 57.5 Å². The zero-order chi connectivity index (χ0) is 23.2. The van der Waals surface area contributed by atoms with E-state index in [0.717, 1.165) is 39.4 Å². The lowest BCUT2D eigenvalue weighted by atomic mass is 9.76. The van der Waals surface area contributed by atoms with Crippen molar-refractivity contribution in [3.63, 3.8) is 0 Å². The van der Waals surface area contributed by atoms with E-state index < -0.39 is 5.54 Å². The molecule has 1 saturated carbocycles. The standard InChI is InChI=1S/C24H28N6O2S/c1-15-12-19-21(33-23(31)29(19)3)13-17(15)25-24(2,14-16-8-7-9-16)22-26-27-28-30(22)18-10-5-6-11-20(18)32-4/h5-6,10-13,16,25H,7-9,14H2,1-4H3. The van der Waals surface area contributed by atoms with Gasteiger partial charge in [0.25, 0.3) is 0 Å². The number of aryl methyl sites for hydroxylation is 2. The molecule has 5 rings (SSSR count). The van der Waals surface area contributed by atoms with Crippen LogP contribution < -0.4 is 14.9 Å². The molecule has 172 valence electrons. The lowest BCUT2D eigenvalue weighted by molar-refractivity contribution is 0.239. The Morgan fingerprint density at radius 1 is 1.27 bits per heavy atom. The van der Waals surface area contributed by atoms with Gasteiger partial charge in [-0.15, -0.1) is 5.10 Å². The first-order valence-electron chi connectivity index (χ1n) is 11.2. The van der Waals surface area contributed by atoms with Gasteiger partial charge in [-0.25, -0.2) is 0 Å². The van der Waals surface area contributed by atoms with Crippen molar-refractivity contribution in [3.8, 4) is 11.4 Å². The van der Waals surface area contributed by atoms with Crippen molar-refractivity contribution >= 4 is 27.2 Å². The third-order valence-corrected chi connectivity index (χ3v) is 7.74. The molecule has 33 heavy (non-hydrogen) atoms. The van der Waals surface area contributed by atoms with Gasteiger partial charge in [-0.3, -0.25) is 4.79 Å². The van der Waals surface area contributed by atoms with E-state index in [-0.39, 0.29) is 4.87 Å². The summed E-state index contributed by atoms with van der Waals surface area (Å²) in [6.07, 6.45) is 4.60. The van der Waals surface area contributed by atoms with Crippen LogP contribution >= 0.6 is 11.3 Å². The molecule has 2 aromatic heterocycles. The molecule has 0 bridgehead atoms. The highest BCUT2D eigenvalue weighted by atomic mass is 32.1. The van der Waals surface area contributed by atoms with Gasteiger partial charge in [0.05, 0.1) is 22.9 Å². The number of rotatable bonds is 7. The summed E-state index contributed by atoms with van der Waals surface area (Å²) in [6, 6.07) is 11.9. The average molecular weight is 465 g/mol. The molecule has 0 aliphatic heterocycles. The van der Waals surface area contributed by atoms with Gasteiger partial charge in [0.2, 0.25) is 0 Å². The number of ether oxygens (including phenoxy) is 1. The van der Waals surface area contributed by atoms with Gasteiger partial charge in [0, 0.05) is 12.7 Å². The first kappa shape index (κ1) is 21.6. The second-order valence-electron chi connectivity index (χ2n) is 9.11. The summed E-state index contributed by atoms with van der Waals surface area (Å²) in [5.74, 6) is 2.06. The summed E-state index contributed by atoms with van der Waals surface area (Å²) in [5.41, 5.74) is 3.30. The Balaban J connectivity index is 1.61. The van der Waals surface area contributed by atoms with Crippen LogP contribution in [0.4, 0.5) is 5.69 Å². The number of aromatic nitrogens is 5. The predicted molar refractivity (Wildman–Crippen MR) is 130 cm³/mol. The number of hydrogen-bond acceptors (Lipinski definition) is 7. The van der Waals surface area contributed by atoms with E-state index >= 15 is 0 Å². The van der Waals surface area contributed by atoms with Gasteiger partial charge in [-0.2, -0.15) is 4.68 Å².